The molecule has 0 unspecified atom stereocenters. The average Bonchev–Trinajstić information content (AvgIpc) is 1.81. The van der Waals surface area contributed by atoms with Crippen LogP contribution in [-0.4, -0.2) is 14.3 Å². The molecular formula is C8H16SSi. The molecule has 0 saturated heterocycles. The van der Waals surface area contributed by atoms with Crippen LogP contribution in [0.1, 0.15) is 0 Å². The van der Waals surface area contributed by atoms with Crippen LogP contribution < -0.4 is 0 Å². The summed E-state index contributed by atoms with van der Waals surface area (Å²) >= 11 is 1.77. The van der Waals surface area contributed by atoms with Crippen LogP contribution in [-0.2, 0) is 0 Å². The summed E-state index contributed by atoms with van der Waals surface area (Å²) in [4.78, 5) is 1.32. The first kappa shape index (κ1) is 10.1. The second kappa shape index (κ2) is 4.07. The quantitative estimate of drug-likeness (QED) is 0.465. The van der Waals surface area contributed by atoms with E-state index in [0.717, 1.165) is 0 Å². The van der Waals surface area contributed by atoms with E-state index in [4.69, 9.17) is 0 Å². The van der Waals surface area contributed by atoms with Crippen molar-refractivity contribution >= 4 is 19.8 Å². The van der Waals surface area contributed by atoms with Crippen LogP contribution >= 0.6 is 11.8 Å². The Morgan fingerprint density at radius 1 is 1.50 bits per heavy atom. The third-order valence-electron chi connectivity index (χ3n) is 1.13. The van der Waals surface area contributed by atoms with Crippen molar-refractivity contribution in [2.45, 2.75) is 25.7 Å². The van der Waals surface area contributed by atoms with Gasteiger partial charge in [0.05, 0.1) is 8.07 Å². The molecule has 0 heterocycles. The fraction of sp³-hybridized carbons (Fsp3) is 0.625. The molecule has 0 N–H and O–H groups in total. The van der Waals surface area contributed by atoms with E-state index >= 15 is 0 Å². The van der Waals surface area contributed by atoms with Crippen molar-refractivity contribution in [1.29, 1.82) is 0 Å². The van der Waals surface area contributed by atoms with Crippen LogP contribution in [0.4, 0.5) is 0 Å². The maximum absolute atomic E-state index is 3.66. The summed E-state index contributed by atoms with van der Waals surface area (Å²) in [7, 11) is -0.923. The van der Waals surface area contributed by atoms with Crippen LogP contribution in [0.5, 0.6) is 0 Å². The lowest BCUT2D eigenvalue weighted by molar-refractivity contribution is 1.49. The number of hydrogen-bond acceptors (Lipinski definition) is 1. The lowest BCUT2D eigenvalue weighted by Gasteiger charge is -2.15. The van der Waals surface area contributed by atoms with E-state index in [1.165, 1.54) is 10.9 Å². The summed E-state index contributed by atoms with van der Waals surface area (Å²) in [6, 6.07) is 1.22. The molecule has 0 aromatic heterocycles. The van der Waals surface area contributed by atoms with Crippen molar-refractivity contribution in [1.82, 2.24) is 0 Å². The highest BCUT2D eigenvalue weighted by Gasteiger charge is 2.14. The van der Waals surface area contributed by atoms with Crippen molar-refractivity contribution in [3.05, 3.63) is 17.2 Å². The summed E-state index contributed by atoms with van der Waals surface area (Å²) in [6.07, 6.45) is 2.09. The molecule has 0 aliphatic carbocycles. The molecule has 0 nitrogen and oxygen atoms in total. The van der Waals surface area contributed by atoms with Gasteiger partial charge < -0.3 is 0 Å². The highest BCUT2D eigenvalue weighted by atomic mass is 32.2. The van der Waals surface area contributed by atoms with E-state index in [2.05, 4.69) is 38.2 Å². The molecule has 58 valence electrons. The number of rotatable bonds is 3. The smallest absolute Gasteiger partial charge is 0.0501 e. The van der Waals surface area contributed by atoms with Crippen LogP contribution in [0.25, 0.3) is 0 Å². The molecule has 0 saturated carbocycles. The minimum absolute atomic E-state index is 0.923. The summed E-state index contributed by atoms with van der Waals surface area (Å²) < 4.78 is 0. The Kier molecular flexibility index (Phi) is 4.10. The van der Waals surface area contributed by atoms with Gasteiger partial charge in [0.25, 0.3) is 0 Å². The normalized spacial score (nSPS) is 10.8. The Labute approximate surface area is 69.4 Å². The lowest BCUT2D eigenvalue weighted by atomic mass is 10.7. The van der Waals surface area contributed by atoms with Gasteiger partial charge in [-0.2, -0.15) is 0 Å². The van der Waals surface area contributed by atoms with Gasteiger partial charge in [-0.05, 0) is 12.3 Å². The molecule has 0 aromatic carbocycles. The van der Waals surface area contributed by atoms with Crippen molar-refractivity contribution in [3.8, 4) is 0 Å². The van der Waals surface area contributed by atoms with Crippen LogP contribution in [0.2, 0.25) is 25.7 Å². The van der Waals surface area contributed by atoms with Crippen molar-refractivity contribution < 1.29 is 0 Å². The van der Waals surface area contributed by atoms with E-state index in [0.29, 0.717) is 0 Å². The average molecular weight is 172 g/mol. The second-order valence-corrected chi connectivity index (χ2v) is 9.92. The van der Waals surface area contributed by atoms with Crippen molar-refractivity contribution in [2.24, 2.45) is 0 Å². The molecule has 0 aliphatic heterocycles. The van der Waals surface area contributed by atoms with Gasteiger partial charge >= 0.3 is 0 Å². The zero-order valence-corrected chi connectivity index (χ0v) is 9.14. The minimum Gasteiger partial charge on any atom is -0.126 e. The largest absolute Gasteiger partial charge is 0.126 e. The van der Waals surface area contributed by atoms with Crippen LogP contribution in [0.3, 0.4) is 0 Å². The molecular weight excluding hydrogens is 156 g/mol. The molecule has 0 atom stereocenters. The Morgan fingerprint density at radius 3 is 2.10 bits per heavy atom. The molecule has 10 heavy (non-hydrogen) atoms. The lowest BCUT2D eigenvalue weighted by Crippen LogP contribution is -2.18. The van der Waals surface area contributed by atoms with E-state index in [1.54, 1.807) is 11.8 Å². The maximum atomic E-state index is 3.66. The van der Waals surface area contributed by atoms with E-state index < -0.39 is 8.07 Å². The molecule has 0 amide bonds. The topological polar surface area (TPSA) is 0 Å². The van der Waals surface area contributed by atoms with Gasteiger partial charge in [-0.25, -0.2) is 0 Å². The predicted octanol–water partition coefficient (Wildman–Crippen LogP) is 3.36. The van der Waals surface area contributed by atoms with Gasteiger partial charge in [-0.1, -0.05) is 26.2 Å². The Balaban J connectivity index is 4.01. The van der Waals surface area contributed by atoms with E-state index in [1.807, 2.05) is 0 Å². The van der Waals surface area contributed by atoms with Crippen molar-refractivity contribution in [3.63, 3.8) is 0 Å². The molecule has 0 spiro atoms. The third kappa shape index (κ3) is 4.92. The van der Waals surface area contributed by atoms with Crippen LogP contribution in [0, 0.1) is 0 Å². The fourth-order valence-electron chi connectivity index (χ4n) is 0.689. The molecule has 0 bridgehead atoms. The summed E-state index contributed by atoms with van der Waals surface area (Å²) in [6.45, 7) is 10.7. The first-order chi connectivity index (χ1) is 4.49. The zero-order chi connectivity index (χ0) is 8.20. The minimum atomic E-state index is -0.923. The van der Waals surface area contributed by atoms with Gasteiger partial charge in [0.1, 0.15) is 0 Å². The first-order valence-corrected chi connectivity index (χ1v) is 8.35. The van der Waals surface area contributed by atoms with Gasteiger partial charge in [0, 0.05) is 4.91 Å². The Bertz CT molecular complexity index is 149. The predicted molar refractivity (Wildman–Crippen MR) is 54.3 cm³/mol. The SMILES string of the molecule is C=C=C(C[Si](C)(C)C)SC. The number of hydrogen-bond donors (Lipinski definition) is 0. The zero-order valence-electron chi connectivity index (χ0n) is 7.32. The molecule has 0 fully saturated rings. The maximum Gasteiger partial charge on any atom is 0.0501 e. The summed E-state index contributed by atoms with van der Waals surface area (Å²) in [5, 5.41) is 0. The van der Waals surface area contributed by atoms with Gasteiger partial charge in [-0.15, -0.1) is 17.5 Å². The van der Waals surface area contributed by atoms with E-state index in [-0.39, 0.29) is 0 Å². The highest BCUT2D eigenvalue weighted by Crippen LogP contribution is 2.22. The fourth-order valence-corrected chi connectivity index (χ4v) is 3.80. The van der Waals surface area contributed by atoms with E-state index in [9.17, 15) is 0 Å². The monoisotopic (exact) mass is 172 g/mol. The Morgan fingerprint density at radius 2 is 2.00 bits per heavy atom. The molecule has 0 aromatic rings. The molecule has 2 heteroatoms. The Hall–Kier alpha value is 0.0869. The van der Waals surface area contributed by atoms with Gasteiger partial charge in [-0.3, -0.25) is 0 Å². The molecule has 0 aliphatic rings. The first-order valence-electron chi connectivity index (χ1n) is 3.42. The van der Waals surface area contributed by atoms with Crippen molar-refractivity contribution in [2.75, 3.05) is 6.26 Å². The standard InChI is InChI=1S/C8H16SSi/c1-6-8(9-2)7-10(3,4)5/h1,7H2,2-5H3. The second-order valence-electron chi connectivity index (χ2n) is 3.54. The summed E-state index contributed by atoms with van der Waals surface area (Å²) in [5.74, 6) is 0. The number of thioether (sulfide) groups is 1. The highest BCUT2D eigenvalue weighted by molar-refractivity contribution is 8.02. The summed E-state index contributed by atoms with van der Waals surface area (Å²) in [5.41, 5.74) is 2.97. The molecule has 0 rings (SSSR count). The van der Waals surface area contributed by atoms with Gasteiger partial charge in [0.15, 0.2) is 0 Å². The van der Waals surface area contributed by atoms with Crippen LogP contribution in [0.15, 0.2) is 17.2 Å². The number of allylic oxidation sites excluding steroid dienone is 1. The third-order valence-corrected chi connectivity index (χ3v) is 3.59. The van der Waals surface area contributed by atoms with Gasteiger partial charge in [0.2, 0.25) is 0 Å². The molecule has 0 radical (unpaired) electrons.